The lowest BCUT2D eigenvalue weighted by Crippen LogP contribution is -2.30. The highest BCUT2D eigenvalue weighted by Crippen LogP contribution is 2.16. The van der Waals surface area contributed by atoms with Crippen LogP contribution in [0.15, 0.2) is 12.2 Å². The fraction of sp³-hybridized carbons (Fsp3) is 0.907. The average Bonchev–Trinajstić information content (AvgIpc) is 3.24. The molecular weight excluding hydrogens is 745 g/mol. The van der Waals surface area contributed by atoms with E-state index in [-0.39, 0.29) is 31.1 Å². The maximum atomic E-state index is 12.8. The maximum absolute atomic E-state index is 12.8. The zero-order valence-electron chi connectivity index (χ0n) is 40.5. The third kappa shape index (κ3) is 47.2. The molecule has 0 saturated heterocycles. The predicted molar refractivity (Wildman–Crippen MR) is 256 cm³/mol. The van der Waals surface area contributed by atoms with E-state index in [1.807, 2.05) is 0 Å². The van der Waals surface area contributed by atoms with Crippen molar-refractivity contribution >= 4 is 17.9 Å². The highest BCUT2D eigenvalue weighted by Gasteiger charge is 2.19. The van der Waals surface area contributed by atoms with Crippen LogP contribution in [0.5, 0.6) is 0 Å². The van der Waals surface area contributed by atoms with Gasteiger partial charge in [-0.15, -0.1) is 0 Å². The van der Waals surface area contributed by atoms with Crippen LogP contribution in [0, 0.1) is 0 Å². The minimum atomic E-state index is -0.765. The molecule has 6 nitrogen and oxygen atoms in total. The summed E-state index contributed by atoms with van der Waals surface area (Å²) in [5.74, 6) is -0.853. The first-order valence-corrected chi connectivity index (χ1v) is 26.7. The van der Waals surface area contributed by atoms with E-state index >= 15 is 0 Å². The molecule has 0 aromatic carbocycles. The molecule has 0 aromatic rings. The number of hydrogen-bond acceptors (Lipinski definition) is 6. The van der Waals surface area contributed by atoms with E-state index in [1.54, 1.807) is 0 Å². The molecular formula is C54H102O6. The van der Waals surface area contributed by atoms with E-state index in [2.05, 4.69) is 32.9 Å². The Balaban J connectivity index is 4.30. The van der Waals surface area contributed by atoms with Crippen molar-refractivity contribution in [1.82, 2.24) is 0 Å². The number of ether oxygens (including phenoxy) is 3. The summed E-state index contributed by atoms with van der Waals surface area (Å²) in [6, 6.07) is 0. The van der Waals surface area contributed by atoms with Gasteiger partial charge in [-0.3, -0.25) is 14.4 Å². The molecule has 6 heteroatoms. The lowest BCUT2D eigenvalue weighted by molar-refractivity contribution is -0.167. The summed E-state index contributed by atoms with van der Waals surface area (Å²) in [5.41, 5.74) is 0. The van der Waals surface area contributed by atoms with Gasteiger partial charge in [0.05, 0.1) is 0 Å². The molecule has 0 aliphatic rings. The molecule has 0 rings (SSSR count). The summed E-state index contributed by atoms with van der Waals surface area (Å²) in [6.07, 6.45) is 54.8. The van der Waals surface area contributed by atoms with Gasteiger partial charge in [-0.1, -0.05) is 245 Å². The van der Waals surface area contributed by atoms with Crippen LogP contribution in [0.3, 0.4) is 0 Å². The van der Waals surface area contributed by atoms with Crippen molar-refractivity contribution in [2.45, 2.75) is 303 Å². The van der Waals surface area contributed by atoms with Crippen LogP contribution < -0.4 is 0 Å². The first-order chi connectivity index (χ1) is 29.5. The number of carbonyl (C=O) groups excluding carboxylic acids is 3. The Morgan fingerprint density at radius 3 is 0.850 bits per heavy atom. The van der Waals surface area contributed by atoms with Crippen LogP contribution in [0.25, 0.3) is 0 Å². The van der Waals surface area contributed by atoms with Gasteiger partial charge in [0.1, 0.15) is 13.2 Å². The fourth-order valence-corrected chi connectivity index (χ4v) is 7.97. The number of esters is 3. The summed E-state index contributed by atoms with van der Waals surface area (Å²) < 4.78 is 16.8. The van der Waals surface area contributed by atoms with E-state index in [1.165, 1.54) is 199 Å². The zero-order valence-corrected chi connectivity index (χ0v) is 40.5. The molecule has 0 N–H and O–H groups in total. The van der Waals surface area contributed by atoms with Crippen LogP contribution in [0.4, 0.5) is 0 Å². The second-order valence-electron chi connectivity index (χ2n) is 18.2. The standard InChI is InChI=1S/C54H102O6/c1-4-7-10-13-16-19-22-24-26-28-29-32-35-38-41-44-47-53(56)59-50-51(49-58-52(55)46-43-40-37-34-31-21-18-15-12-9-6-3)60-54(57)48-45-42-39-36-33-30-27-25-23-20-17-14-11-8-5-2/h20,23,51H,4-19,21-22,24-50H2,1-3H3/b23-20-. The molecule has 60 heavy (non-hydrogen) atoms. The van der Waals surface area contributed by atoms with Crippen LogP contribution in [0.1, 0.15) is 297 Å². The third-order valence-corrected chi connectivity index (χ3v) is 12.0. The molecule has 0 bridgehead atoms. The van der Waals surface area contributed by atoms with Gasteiger partial charge in [0.25, 0.3) is 0 Å². The van der Waals surface area contributed by atoms with Crippen molar-refractivity contribution in [2.75, 3.05) is 13.2 Å². The topological polar surface area (TPSA) is 78.9 Å². The average molecular weight is 847 g/mol. The normalized spacial score (nSPS) is 12.0. The second kappa shape index (κ2) is 49.8. The minimum absolute atomic E-state index is 0.0663. The Hall–Kier alpha value is -1.85. The van der Waals surface area contributed by atoms with Crippen molar-refractivity contribution in [2.24, 2.45) is 0 Å². The van der Waals surface area contributed by atoms with Gasteiger partial charge in [-0.2, -0.15) is 0 Å². The van der Waals surface area contributed by atoms with Crippen molar-refractivity contribution in [3.05, 3.63) is 12.2 Å². The van der Waals surface area contributed by atoms with Gasteiger partial charge in [-0.25, -0.2) is 0 Å². The van der Waals surface area contributed by atoms with E-state index in [0.717, 1.165) is 57.8 Å². The first kappa shape index (κ1) is 58.1. The van der Waals surface area contributed by atoms with E-state index in [4.69, 9.17) is 14.2 Å². The summed E-state index contributed by atoms with van der Waals surface area (Å²) in [6.45, 7) is 6.66. The number of rotatable bonds is 49. The molecule has 0 amide bonds. The molecule has 1 atom stereocenters. The summed E-state index contributed by atoms with van der Waals surface area (Å²) in [7, 11) is 0. The van der Waals surface area contributed by atoms with Crippen LogP contribution in [-0.2, 0) is 28.6 Å². The van der Waals surface area contributed by atoms with Gasteiger partial charge in [0.2, 0.25) is 0 Å². The van der Waals surface area contributed by atoms with E-state index in [0.29, 0.717) is 19.3 Å². The van der Waals surface area contributed by atoms with E-state index < -0.39 is 6.10 Å². The number of unbranched alkanes of at least 4 members (excludes halogenated alkanes) is 36. The highest BCUT2D eigenvalue weighted by atomic mass is 16.6. The molecule has 0 aliphatic carbocycles. The monoisotopic (exact) mass is 847 g/mol. The quantitative estimate of drug-likeness (QED) is 0.0263. The molecule has 0 aromatic heterocycles. The fourth-order valence-electron chi connectivity index (χ4n) is 7.97. The molecule has 0 saturated carbocycles. The van der Waals surface area contributed by atoms with Crippen LogP contribution in [-0.4, -0.2) is 37.2 Å². The maximum Gasteiger partial charge on any atom is 0.306 e. The van der Waals surface area contributed by atoms with E-state index in [9.17, 15) is 14.4 Å². The first-order valence-electron chi connectivity index (χ1n) is 26.7. The molecule has 0 aliphatic heterocycles. The molecule has 1 unspecified atom stereocenters. The predicted octanol–water partition coefficient (Wildman–Crippen LogP) is 17.4. The second-order valence-corrected chi connectivity index (χ2v) is 18.2. The Morgan fingerprint density at radius 1 is 0.317 bits per heavy atom. The Kier molecular flexibility index (Phi) is 48.3. The van der Waals surface area contributed by atoms with Crippen molar-refractivity contribution in [3.63, 3.8) is 0 Å². The van der Waals surface area contributed by atoms with Crippen molar-refractivity contribution in [3.8, 4) is 0 Å². The minimum Gasteiger partial charge on any atom is -0.462 e. The third-order valence-electron chi connectivity index (χ3n) is 12.0. The van der Waals surface area contributed by atoms with Gasteiger partial charge in [0, 0.05) is 19.3 Å². The summed E-state index contributed by atoms with van der Waals surface area (Å²) in [5, 5.41) is 0. The molecule has 0 fully saturated rings. The Morgan fingerprint density at radius 2 is 0.550 bits per heavy atom. The van der Waals surface area contributed by atoms with Gasteiger partial charge >= 0.3 is 17.9 Å². The highest BCUT2D eigenvalue weighted by molar-refractivity contribution is 5.71. The number of hydrogen-bond donors (Lipinski definition) is 0. The largest absolute Gasteiger partial charge is 0.462 e. The molecule has 0 radical (unpaired) electrons. The molecule has 0 heterocycles. The molecule has 0 spiro atoms. The SMILES string of the molecule is CCCCCC/C=C\CCCCCCCCCC(=O)OC(COC(=O)CCCCCCCCCCCCC)COC(=O)CCCCCCCCCCCCCCCCCC. The lowest BCUT2D eigenvalue weighted by atomic mass is 10.0. The van der Waals surface area contributed by atoms with Gasteiger partial charge in [-0.05, 0) is 44.9 Å². The number of allylic oxidation sites excluding steroid dienone is 2. The number of carbonyl (C=O) groups is 3. The lowest BCUT2D eigenvalue weighted by Gasteiger charge is -2.18. The van der Waals surface area contributed by atoms with Crippen LogP contribution >= 0.6 is 0 Å². The Labute approximate surface area is 373 Å². The smallest absolute Gasteiger partial charge is 0.306 e. The van der Waals surface area contributed by atoms with Gasteiger partial charge in [0.15, 0.2) is 6.10 Å². The van der Waals surface area contributed by atoms with Gasteiger partial charge < -0.3 is 14.2 Å². The Bertz CT molecular complexity index is 931. The summed E-state index contributed by atoms with van der Waals surface area (Å²) in [4.78, 5) is 38.0. The van der Waals surface area contributed by atoms with Crippen LogP contribution in [0.2, 0.25) is 0 Å². The van der Waals surface area contributed by atoms with Crippen molar-refractivity contribution < 1.29 is 28.6 Å². The molecule has 354 valence electrons. The van der Waals surface area contributed by atoms with Crippen molar-refractivity contribution in [1.29, 1.82) is 0 Å². The summed E-state index contributed by atoms with van der Waals surface area (Å²) >= 11 is 0. The zero-order chi connectivity index (χ0) is 43.7.